The molecular formula is C14H19N5O3. The summed E-state index contributed by atoms with van der Waals surface area (Å²) < 4.78 is 7.03. The van der Waals surface area contributed by atoms with E-state index in [4.69, 9.17) is 10.5 Å². The molecule has 2 aromatic heterocycles. The molecule has 0 radical (unpaired) electrons. The number of nitrogens with two attached hydrogens (primary N) is 1. The second kappa shape index (κ2) is 5.43. The van der Waals surface area contributed by atoms with Crippen molar-refractivity contribution < 1.29 is 9.53 Å². The molecule has 1 aliphatic carbocycles. The number of fused-ring (bicyclic) bond motifs is 1. The van der Waals surface area contributed by atoms with E-state index in [0.717, 1.165) is 12.8 Å². The highest BCUT2D eigenvalue weighted by Crippen LogP contribution is 2.46. The van der Waals surface area contributed by atoms with Crippen molar-refractivity contribution in [3.63, 3.8) is 0 Å². The summed E-state index contributed by atoms with van der Waals surface area (Å²) in [7, 11) is 0. The molecule has 3 unspecified atom stereocenters. The molecule has 0 spiro atoms. The lowest BCUT2D eigenvalue weighted by Gasteiger charge is -2.44. The van der Waals surface area contributed by atoms with Gasteiger partial charge in [0.05, 0.1) is 12.9 Å². The van der Waals surface area contributed by atoms with Gasteiger partial charge in [0, 0.05) is 13.0 Å². The maximum Gasteiger partial charge on any atom is 0.302 e. The average Bonchev–Trinajstić information content (AvgIpc) is 2.81. The van der Waals surface area contributed by atoms with Gasteiger partial charge in [0.25, 0.3) is 5.56 Å². The van der Waals surface area contributed by atoms with Crippen molar-refractivity contribution in [1.82, 2.24) is 19.5 Å². The van der Waals surface area contributed by atoms with Crippen LogP contribution in [0.5, 0.6) is 0 Å². The standard InChI is InChI=1S/C14H19N5O3/c1-3-9-8(5-22-7(2)20)4-10(9)19-6-16-11-12(19)17-14(15)18-13(11)21/h6,8-10H,3-5H2,1-2H3,(H3,15,17,18,21). The van der Waals surface area contributed by atoms with Crippen molar-refractivity contribution >= 4 is 23.1 Å². The number of esters is 1. The van der Waals surface area contributed by atoms with E-state index in [0.29, 0.717) is 29.6 Å². The number of nitrogens with one attached hydrogen (secondary N) is 1. The van der Waals surface area contributed by atoms with Gasteiger partial charge in [-0.15, -0.1) is 0 Å². The Morgan fingerprint density at radius 3 is 3.05 bits per heavy atom. The second-order valence-electron chi connectivity index (χ2n) is 5.71. The quantitative estimate of drug-likeness (QED) is 0.809. The molecule has 3 rings (SSSR count). The van der Waals surface area contributed by atoms with Gasteiger partial charge in [-0.3, -0.25) is 14.6 Å². The van der Waals surface area contributed by atoms with E-state index in [1.54, 1.807) is 6.33 Å². The van der Waals surface area contributed by atoms with Crippen LogP contribution >= 0.6 is 0 Å². The number of imidazole rings is 1. The lowest BCUT2D eigenvalue weighted by Crippen LogP contribution is -2.40. The first-order valence-electron chi connectivity index (χ1n) is 7.37. The number of anilines is 1. The predicted molar refractivity (Wildman–Crippen MR) is 80.1 cm³/mol. The molecule has 1 aliphatic rings. The topological polar surface area (TPSA) is 116 Å². The molecule has 2 heterocycles. The second-order valence-corrected chi connectivity index (χ2v) is 5.71. The SMILES string of the molecule is CCC1C(COC(C)=O)CC1n1cnc2c(=O)[nH]c(N)nc21. The van der Waals surface area contributed by atoms with E-state index in [1.165, 1.54) is 6.92 Å². The van der Waals surface area contributed by atoms with Crippen LogP contribution in [0.1, 0.15) is 32.7 Å². The highest BCUT2D eigenvalue weighted by Gasteiger charge is 2.42. The average molecular weight is 305 g/mol. The minimum atomic E-state index is -0.329. The van der Waals surface area contributed by atoms with Crippen molar-refractivity contribution in [2.75, 3.05) is 12.3 Å². The van der Waals surface area contributed by atoms with Gasteiger partial charge in [0.15, 0.2) is 11.2 Å². The van der Waals surface area contributed by atoms with Crippen LogP contribution in [0.15, 0.2) is 11.1 Å². The van der Waals surface area contributed by atoms with Crippen LogP contribution in [0.3, 0.4) is 0 Å². The molecule has 8 nitrogen and oxygen atoms in total. The molecular weight excluding hydrogens is 286 g/mol. The molecule has 1 fully saturated rings. The fourth-order valence-electron chi connectivity index (χ4n) is 3.31. The van der Waals surface area contributed by atoms with E-state index < -0.39 is 0 Å². The fourth-order valence-corrected chi connectivity index (χ4v) is 3.31. The number of ether oxygens (including phenoxy) is 1. The van der Waals surface area contributed by atoms with Crippen LogP contribution in [0, 0.1) is 11.8 Å². The summed E-state index contributed by atoms with van der Waals surface area (Å²) >= 11 is 0. The third-order valence-corrected chi connectivity index (χ3v) is 4.42. The zero-order valence-electron chi connectivity index (χ0n) is 12.6. The molecule has 118 valence electrons. The van der Waals surface area contributed by atoms with Gasteiger partial charge in [0.2, 0.25) is 5.95 Å². The van der Waals surface area contributed by atoms with Crippen LogP contribution in [-0.4, -0.2) is 32.1 Å². The lowest BCUT2D eigenvalue weighted by molar-refractivity contribution is -0.145. The van der Waals surface area contributed by atoms with E-state index >= 15 is 0 Å². The van der Waals surface area contributed by atoms with Gasteiger partial charge >= 0.3 is 5.97 Å². The first-order valence-corrected chi connectivity index (χ1v) is 7.37. The first kappa shape index (κ1) is 14.6. The van der Waals surface area contributed by atoms with Gasteiger partial charge < -0.3 is 15.0 Å². The molecule has 0 saturated heterocycles. The zero-order valence-corrected chi connectivity index (χ0v) is 12.6. The van der Waals surface area contributed by atoms with Gasteiger partial charge in [-0.1, -0.05) is 13.3 Å². The molecule has 8 heteroatoms. The number of aromatic nitrogens is 4. The highest BCUT2D eigenvalue weighted by molar-refractivity contribution is 5.70. The van der Waals surface area contributed by atoms with E-state index in [1.807, 2.05) is 4.57 Å². The summed E-state index contributed by atoms with van der Waals surface area (Å²) in [6.07, 6.45) is 3.46. The molecule has 2 aromatic rings. The summed E-state index contributed by atoms with van der Waals surface area (Å²) in [5.41, 5.74) is 6.10. The minimum absolute atomic E-state index is 0.0862. The maximum absolute atomic E-state index is 11.8. The Balaban J connectivity index is 1.86. The van der Waals surface area contributed by atoms with Crippen LogP contribution in [-0.2, 0) is 9.53 Å². The van der Waals surface area contributed by atoms with Crippen molar-refractivity contribution in [2.24, 2.45) is 11.8 Å². The predicted octanol–water partition coefficient (Wildman–Crippen LogP) is 0.852. The number of hydrogen-bond acceptors (Lipinski definition) is 6. The molecule has 1 saturated carbocycles. The molecule has 0 aliphatic heterocycles. The number of hydrogen-bond donors (Lipinski definition) is 2. The summed E-state index contributed by atoms with van der Waals surface area (Å²) in [5, 5.41) is 0. The van der Waals surface area contributed by atoms with Crippen molar-refractivity contribution in [3.8, 4) is 0 Å². The Hall–Kier alpha value is -2.38. The van der Waals surface area contributed by atoms with Crippen molar-refractivity contribution in [1.29, 1.82) is 0 Å². The largest absolute Gasteiger partial charge is 0.466 e. The number of carbonyl (C=O) groups is 1. The monoisotopic (exact) mass is 305 g/mol. The number of nitrogens with zero attached hydrogens (tertiary/aromatic N) is 3. The van der Waals surface area contributed by atoms with Gasteiger partial charge in [-0.2, -0.15) is 4.98 Å². The molecule has 3 N–H and O–H groups in total. The number of H-pyrrole nitrogens is 1. The van der Waals surface area contributed by atoms with Gasteiger partial charge in [-0.25, -0.2) is 4.98 Å². The summed E-state index contributed by atoms with van der Waals surface area (Å²) in [6.45, 7) is 3.96. The van der Waals surface area contributed by atoms with E-state index in [9.17, 15) is 9.59 Å². The number of carbonyl (C=O) groups excluding carboxylic acids is 1. The van der Waals surface area contributed by atoms with Crippen LogP contribution in [0.4, 0.5) is 5.95 Å². The van der Waals surface area contributed by atoms with Gasteiger partial charge in [0.1, 0.15) is 0 Å². The Bertz CT molecular complexity index is 765. The maximum atomic E-state index is 11.8. The van der Waals surface area contributed by atoms with Crippen LogP contribution in [0.25, 0.3) is 11.2 Å². The van der Waals surface area contributed by atoms with Crippen molar-refractivity contribution in [2.45, 2.75) is 32.7 Å². The molecule has 0 aromatic carbocycles. The third kappa shape index (κ3) is 2.34. The normalized spacial score (nSPS) is 24.2. The number of rotatable bonds is 4. The van der Waals surface area contributed by atoms with Crippen LogP contribution < -0.4 is 11.3 Å². The number of nitrogen functional groups attached to an aromatic ring is 1. The summed E-state index contributed by atoms with van der Waals surface area (Å²) in [5.74, 6) is 0.519. The van der Waals surface area contributed by atoms with Crippen molar-refractivity contribution in [3.05, 3.63) is 16.7 Å². The Morgan fingerprint density at radius 2 is 2.36 bits per heavy atom. The molecule has 0 amide bonds. The molecule has 22 heavy (non-hydrogen) atoms. The van der Waals surface area contributed by atoms with Gasteiger partial charge in [-0.05, 0) is 18.3 Å². The third-order valence-electron chi connectivity index (χ3n) is 4.42. The van der Waals surface area contributed by atoms with Crippen LogP contribution in [0.2, 0.25) is 0 Å². The fraction of sp³-hybridized carbons (Fsp3) is 0.571. The van der Waals surface area contributed by atoms with E-state index in [-0.39, 0.29) is 23.5 Å². The number of aromatic amines is 1. The lowest BCUT2D eigenvalue weighted by atomic mass is 9.68. The summed E-state index contributed by atoms with van der Waals surface area (Å²) in [4.78, 5) is 33.6. The Labute approximate surface area is 126 Å². The summed E-state index contributed by atoms with van der Waals surface area (Å²) in [6, 6.07) is 0.198. The zero-order chi connectivity index (χ0) is 15.9. The molecule has 0 bridgehead atoms. The minimum Gasteiger partial charge on any atom is -0.466 e. The molecule has 3 atom stereocenters. The van der Waals surface area contributed by atoms with E-state index in [2.05, 4.69) is 21.9 Å². The Kier molecular flexibility index (Phi) is 3.59. The highest BCUT2D eigenvalue weighted by atomic mass is 16.5. The smallest absolute Gasteiger partial charge is 0.302 e. The first-order chi connectivity index (χ1) is 10.5. The Morgan fingerprint density at radius 1 is 1.59 bits per heavy atom.